The molecule has 0 saturated carbocycles. The van der Waals surface area contributed by atoms with E-state index in [4.69, 9.17) is 0 Å². The minimum atomic E-state index is -0.411. The van der Waals surface area contributed by atoms with Crippen LogP contribution in [0.15, 0.2) is 91.0 Å². The molecular weight excluding hydrogens is 382 g/mol. The molecule has 31 heavy (non-hydrogen) atoms. The fourth-order valence-electron chi connectivity index (χ4n) is 5.23. The van der Waals surface area contributed by atoms with Crippen LogP contribution < -0.4 is 4.90 Å². The molecule has 4 atom stereocenters. The van der Waals surface area contributed by atoms with Crippen LogP contribution in [0.5, 0.6) is 0 Å². The highest BCUT2D eigenvalue weighted by Crippen LogP contribution is 2.50. The van der Waals surface area contributed by atoms with Gasteiger partial charge in [0, 0.05) is 11.8 Å². The van der Waals surface area contributed by atoms with Crippen molar-refractivity contribution in [1.29, 1.82) is 0 Å². The van der Waals surface area contributed by atoms with Crippen molar-refractivity contribution in [2.45, 2.75) is 25.7 Å². The van der Waals surface area contributed by atoms with Crippen LogP contribution in [0.2, 0.25) is 0 Å². The topological polar surface area (TPSA) is 37.4 Å². The van der Waals surface area contributed by atoms with Gasteiger partial charge in [-0.3, -0.25) is 9.59 Å². The van der Waals surface area contributed by atoms with E-state index >= 15 is 0 Å². The monoisotopic (exact) mass is 407 g/mol. The molecule has 3 nitrogen and oxygen atoms in total. The van der Waals surface area contributed by atoms with Crippen LogP contribution >= 0.6 is 0 Å². The lowest BCUT2D eigenvalue weighted by Gasteiger charge is -2.32. The van der Waals surface area contributed by atoms with E-state index < -0.39 is 11.8 Å². The molecule has 1 heterocycles. The highest BCUT2D eigenvalue weighted by Gasteiger charge is 2.55. The van der Waals surface area contributed by atoms with E-state index in [2.05, 4.69) is 12.2 Å². The zero-order valence-corrected chi connectivity index (χ0v) is 17.7. The minimum absolute atomic E-state index is 0.0962. The highest BCUT2D eigenvalue weighted by atomic mass is 16.2. The van der Waals surface area contributed by atoms with Gasteiger partial charge in [0.2, 0.25) is 11.8 Å². The van der Waals surface area contributed by atoms with Gasteiger partial charge >= 0.3 is 0 Å². The molecule has 5 rings (SSSR count). The zero-order valence-electron chi connectivity index (χ0n) is 17.7. The van der Waals surface area contributed by atoms with Crippen LogP contribution in [0.4, 0.5) is 5.69 Å². The van der Waals surface area contributed by atoms with E-state index in [-0.39, 0.29) is 23.7 Å². The molecule has 3 aromatic carbocycles. The number of anilines is 1. The lowest BCUT2D eigenvalue weighted by molar-refractivity contribution is -0.122. The molecule has 3 heteroatoms. The summed E-state index contributed by atoms with van der Waals surface area (Å²) >= 11 is 0. The molecule has 1 aliphatic heterocycles. The third-order valence-electron chi connectivity index (χ3n) is 6.66. The summed E-state index contributed by atoms with van der Waals surface area (Å²) in [6, 6.07) is 26.0. The smallest absolute Gasteiger partial charge is 0.238 e. The first-order valence-corrected chi connectivity index (χ1v) is 10.8. The van der Waals surface area contributed by atoms with Crippen molar-refractivity contribution in [3.8, 4) is 0 Å². The van der Waals surface area contributed by atoms with E-state index in [1.807, 2.05) is 92.7 Å². The Morgan fingerprint density at radius 3 is 1.58 bits per heavy atom. The molecule has 0 N–H and O–H groups in total. The summed E-state index contributed by atoms with van der Waals surface area (Å²) in [6.45, 7) is 3.98. The number of rotatable bonds is 3. The Labute approximate surface area is 183 Å². The predicted molar refractivity (Wildman–Crippen MR) is 123 cm³/mol. The van der Waals surface area contributed by atoms with E-state index in [1.54, 1.807) is 0 Å². The van der Waals surface area contributed by atoms with Gasteiger partial charge in [-0.2, -0.15) is 0 Å². The van der Waals surface area contributed by atoms with Crippen molar-refractivity contribution in [1.82, 2.24) is 0 Å². The van der Waals surface area contributed by atoms with Crippen molar-refractivity contribution in [3.63, 3.8) is 0 Å². The normalized spacial score (nSPS) is 25.0. The van der Waals surface area contributed by atoms with Gasteiger partial charge in [0.15, 0.2) is 0 Å². The number of fused-ring (bicyclic) bond motifs is 1. The molecule has 0 spiro atoms. The second-order valence-corrected chi connectivity index (χ2v) is 8.61. The summed E-state index contributed by atoms with van der Waals surface area (Å²) in [6.07, 6.45) is 4.26. The largest absolute Gasteiger partial charge is 0.274 e. The van der Waals surface area contributed by atoms with Crippen LogP contribution in [0.3, 0.4) is 0 Å². The Bertz CT molecular complexity index is 1100. The van der Waals surface area contributed by atoms with Crippen molar-refractivity contribution < 1.29 is 9.59 Å². The number of carbonyl (C=O) groups is 2. The summed E-state index contributed by atoms with van der Waals surface area (Å²) in [5.41, 5.74) is 4.91. The highest BCUT2D eigenvalue weighted by molar-refractivity contribution is 6.23. The second-order valence-electron chi connectivity index (χ2n) is 8.61. The Kier molecular flexibility index (Phi) is 4.82. The summed E-state index contributed by atoms with van der Waals surface area (Å²) < 4.78 is 0. The summed E-state index contributed by atoms with van der Waals surface area (Å²) in [7, 11) is 0. The van der Waals surface area contributed by atoms with Crippen LogP contribution in [-0.2, 0) is 9.59 Å². The Balaban J connectivity index is 1.64. The number of benzene rings is 3. The Morgan fingerprint density at radius 2 is 1.13 bits per heavy atom. The first-order valence-electron chi connectivity index (χ1n) is 10.8. The summed E-state index contributed by atoms with van der Waals surface area (Å²) in [5.74, 6) is -1.24. The van der Waals surface area contributed by atoms with Crippen molar-refractivity contribution in [2.24, 2.45) is 11.8 Å². The Morgan fingerprint density at radius 1 is 0.645 bits per heavy atom. The molecule has 2 amide bonds. The summed E-state index contributed by atoms with van der Waals surface area (Å²) in [5, 5.41) is 0. The molecular formula is C28H25NO2. The first kappa shape index (κ1) is 19.5. The van der Waals surface area contributed by atoms with Crippen LogP contribution in [0, 0.1) is 25.7 Å². The molecule has 0 aromatic heterocycles. The minimum Gasteiger partial charge on any atom is -0.274 e. The number of hydrogen-bond acceptors (Lipinski definition) is 2. The van der Waals surface area contributed by atoms with Crippen molar-refractivity contribution in [2.75, 3.05) is 4.90 Å². The number of amides is 2. The van der Waals surface area contributed by atoms with Gasteiger partial charge < -0.3 is 0 Å². The molecule has 0 radical (unpaired) electrons. The zero-order chi connectivity index (χ0) is 21.5. The second kappa shape index (κ2) is 7.66. The molecule has 3 aromatic rings. The number of aryl methyl sites for hydroxylation is 2. The van der Waals surface area contributed by atoms with Gasteiger partial charge in [-0.05, 0) is 36.6 Å². The average molecular weight is 408 g/mol. The number of nitrogens with zero attached hydrogens (tertiary/aromatic N) is 1. The summed E-state index contributed by atoms with van der Waals surface area (Å²) in [4.78, 5) is 29.1. The lowest BCUT2D eigenvalue weighted by Crippen LogP contribution is -2.32. The number of allylic oxidation sites excluding steroid dienone is 2. The average Bonchev–Trinajstić information content (AvgIpc) is 3.05. The quantitative estimate of drug-likeness (QED) is 0.422. The van der Waals surface area contributed by atoms with Gasteiger partial charge in [0.25, 0.3) is 0 Å². The lowest BCUT2D eigenvalue weighted by atomic mass is 9.68. The Hall–Kier alpha value is -3.46. The molecule has 1 fully saturated rings. The third kappa shape index (κ3) is 3.21. The maximum absolute atomic E-state index is 13.8. The van der Waals surface area contributed by atoms with Crippen molar-refractivity contribution >= 4 is 17.5 Å². The fraction of sp³-hybridized carbons (Fsp3) is 0.214. The van der Waals surface area contributed by atoms with Crippen LogP contribution in [0.25, 0.3) is 0 Å². The van der Waals surface area contributed by atoms with Gasteiger partial charge in [-0.1, -0.05) is 90.5 Å². The standard InChI is InChI=1S/C28H25NO2/c1-18-13-16-24(19(2)17-18)29-27(30)25-22(20-9-5-3-6-10-20)14-15-23(26(25)28(29)31)21-11-7-4-8-12-21/h3-17,22-23,25-26H,1-2H3/t22-,23+,25-,26+. The van der Waals surface area contributed by atoms with Gasteiger partial charge in [-0.15, -0.1) is 0 Å². The molecule has 1 saturated heterocycles. The SMILES string of the molecule is Cc1ccc(N2C(=O)[C@@H]3[C@H](C2=O)[C@@H](c2ccccc2)C=C[C@H]3c2ccccc2)c(C)c1. The van der Waals surface area contributed by atoms with Crippen LogP contribution in [-0.4, -0.2) is 11.8 Å². The van der Waals surface area contributed by atoms with Gasteiger partial charge in [0.1, 0.15) is 0 Å². The van der Waals surface area contributed by atoms with E-state index in [1.165, 1.54) is 4.90 Å². The number of hydrogen-bond donors (Lipinski definition) is 0. The maximum Gasteiger partial charge on any atom is 0.238 e. The van der Waals surface area contributed by atoms with Crippen molar-refractivity contribution in [3.05, 3.63) is 113 Å². The molecule has 154 valence electrons. The molecule has 2 aliphatic rings. The number of carbonyl (C=O) groups excluding carboxylic acids is 2. The predicted octanol–water partition coefficient (Wildman–Crippen LogP) is 5.55. The molecule has 0 unspecified atom stereocenters. The van der Waals surface area contributed by atoms with Gasteiger partial charge in [0.05, 0.1) is 17.5 Å². The first-order chi connectivity index (χ1) is 15.1. The van der Waals surface area contributed by atoms with Gasteiger partial charge in [-0.25, -0.2) is 4.90 Å². The van der Waals surface area contributed by atoms with E-state index in [9.17, 15) is 9.59 Å². The van der Waals surface area contributed by atoms with Crippen LogP contribution in [0.1, 0.15) is 34.1 Å². The van der Waals surface area contributed by atoms with E-state index in [0.29, 0.717) is 5.69 Å². The fourth-order valence-corrected chi connectivity index (χ4v) is 5.23. The molecule has 0 bridgehead atoms. The maximum atomic E-state index is 13.8. The third-order valence-corrected chi connectivity index (χ3v) is 6.66. The van der Waals surface area contributed by atoms with E-state index in [0.717, 1.165) is 22.3 Å². The number of imide groups is 1. The molecule has 1 aliphatic carbocycles.